The number of carbonyl (C=O) groups is 2. The van der Waals surface area contributed by atoms with Gasteiger partial charge in [0.15, 0.2) is 0 Å². The number of fused-ring (bicyclic) bond motifs is 2. The van der Waals surface area contributed by atoms with E-state index in [1.807, 2.05) is 53.3 Å². The van der Waals surface area contributed by atoms with Crippen molar-refractivity contribution in [1.82, 2.24) is 34.8 Å². The number of rotatable bonds is 5. The highest BCUT2D eigenvalue weighted by Crippen LogP contribution is 2.36. The molecule has 10 nitrogen and oxygen atoms in total. The Balaban J connectivity index is 1.01. The van der Waals surface area contributed by atoms with Crippen molar-refractivity contribution < 1.29 is 14.3 Å². The fourth-order valence-electron chi connectivity index (χ4n) is 5.50. The van der Waals surface area contributed by atoms with Gasteiger partial charge < -0.3 is 19.5 Å². The van der Waals surface area contributed by atoms with Crippen LogP contribution in [0.3, 0.4) is 0 Å². The maximum atomic E-state index is 13.3. The highest BCUT2D eigenvalue weighted by Gasteiger charge is 2.30. The van der Waals surface area contributed by atoms with E-state index < -0.39 is 0 Å². The Morgan fingerprint density at radius 1 is 1.12 bits per heavy atom. The minimum atomic E-state index is -0.195. The van der Waals surface area contributed by atoms with E-state index in [4.69, 9.17) is 16.3 Å². The van der Waals surface area contributed by atoms with Crippen molar-refractivity contribution in [2.24, 2.45) is 0 Å². The second-order valence-electron chi connectivity index (χ2n) is 10.4. The maximum Gasteiger partial charge on any atom is 0.254 e. The zero-order valence-corrected chi connectivity index (χ0v) is 24.7. The van der Waals surface area contributed by atoms with Crippen LogP contribution in [-0.4, -0.2) is 72.8 Å². The molecular weight excluding hydrogens is 622 g/mol. The predicted octanol–water partition coefficient (Wildman–Crippen LogP) is 5.09. The molecule has 0 radical (unpaired) electrons. The fourth-order valence-corrected chi connectivity index (χ4v) is 6.07. The molecule has 2 aliphatic heterocycles. The molecule has 2 amide bonds. The second kappa shape index (κ2) is 10.9. The van der Waals surface area contributed by atoms with Crippen molar-refractivity contribution in [2.75, 3.05) is 26.2 Å². The van der Waals surface area contributed by atoms with Crippen LogP contribution in [0.5, 0.6) is 5.75 Å². The molecule has 4 heterocycles. The first-order valence-electron chi connectivity index (χ1n) is 13.6. The number of aromatic amines is 1. The molecule has 42 heavy (non-hydrogen) atoms. The van der Waals surface area contributed by atoms with E-state index >= 15 is 0 Å². The van der Waals surface area contributed by atoms with Gasteiger partial charge in [0.2, 0.25) is 5.91 Å². The molecule has 0 spiro atoms. The van der Waals surface area contributed by atoms with Crippen LogP contribution < -0.4 is 4.74 Å². The smallest absolute Gasteiger partial charge is 0.254 e. The molecule has 12 heteroatoms. The van der Waals surface area contributed by atoms with Crippen LogP contribution in [-0.2, 0) is 11.3 Å². The fraction of sp³-hybridized carbons (Fsp3) is 0.233. The lowest BCUT2D eigenvalue weighted by Crippen LogP contribution is -2.51. The number of H-pyrrole nitrogens is 1. The topological polar surface area (TPSA) is 109 Å². The Morgan fingerprint density at radius 3 is 2.88 bits per heavy atom. The Hall–Kier alpha value is -4.22. The first-order chi connectivity index (χ1) is 20.4. The largest absolute Gasteiger partial charge is 0.493 e. The second-order valence-corrected chi connectivity index (χ2v) is 11.7. The molecule has 1 fully saturated rings. The first-order valence-corrected chi connectivity index (χ1v) is 14.7. The monoisotopic (exact) mass is 645 g/mol. The highest BCUT2D eigenvalue weighted by molar-refractivity contribution is 9.10. The summed E-state index contributed by atoms with van der Waals surface area (Å²) in [5, 5.41) is 9.34. The summed E-state index contributed by atoms with van der Waals surface area (Å²) in [5.74, 6) is 1.19. The van der Waals surface area contributed by atoms with Gasteiger partial charge in [-0.25, -0.2) is 9.67 Å². The van der Waals surface area contributed by atoms with Gasteiger partial charge >= 0.3 is 0 Å². The normalized spacial score (nSPS) is 16.9. The summed E-state index contributed by atoms with van der Waals surface area (Å²) in [6.07, 6.45) is 2.67. The van der Waals surface area contributed by atoms with Gasteiger partial charge in [-0.2, -0.15) is 0 Å². The van der Waals surface area contributed by atoms with Crippen LogP contribution in [0.1, 0.15) is 34.1 Å². The number of nitrogens with zero attached hydrogens (tertiary/aromatic N) is 6. The van der Waals surface area contributed by atoms with Gasteiger partial charge in [-0.05, 0) is 48.5 Å². The number of imidazole rings is 1. The minimum Gasteiger partial charge on any atom is -0.493 e. The van der Waals surface area contributed by atoms with E-state index in [0.29, 0.717) is 48.3 Å². The number of halogens is 2. The molecular formula is C30H25BrClN7O3. The van der Waals surface area contributed by atoms with E-state index in [-0.39, 0.29) is 24.4 Å². The van der Waals surface area contributed by atoms with Gasteiger partial charge in [0, 0.05) is 45.7 Å². The van der Waals surface area contributed by atoms with Gasteiger partial charge in [-0.15, -0.1) is 5.10 Å². The van der Waals surface area contributed by atoms with Crippen molar-refractivity contribution in [1.29, 1.82) is 0 Å². The molecule has 212 valence electrons. The molecule has 0 unspecified atom stereocenters. The first kappa shape index (κ1) is 26.7. The quantitative estimate of drug-likeness (QED) is 0.285. The summed E-state index contributed by atoms with van der Waals surface area (Å²) < 4.78 is 8.62. The number of ether oxygens (including phenoxy) is 1. The zero-order chi connectivity index (χ0) is 28.8. The summed E-state index contributed by atoms with van der Waals surface area (Å²) in [5.41, 5.74) is 4.58. The number of hydrogen-bond acceptors (Lipinski definition) is 6. The molecule has 1 atom stereocenters. The lowest BCUT2D eigenvalue weighted by molar-refractivity contribution is -0.135. The third-order valence-corrected chi connectivity index (χ3v) is 8.37. The van der Waals surface area contributed by atoms with Gasteiger partial charge in [0.1, 0.15) is 23.8 Å². The summed E-state index contributed by atoms with van der Waals surface area (Å²) >= 11 is 9.67. The summed E-state index contributed by atoms with van der Waals surface area (Å²) in [6.45, 7) is 1.77. The SMILES string of the molecule is O=C1CN(C(=O)c2ccc3nc(-c4cccc(Cl)c4)[nH]c3c2)CCN1Cc1cn([C@H]2CCOc3ccc(Br)cc32)nn1. The van der Waals surface area contributed by atoms with Gasteiger partial charge in [0.05, 0.1) is 36.4 Å². The lowest BCUT2D eigenvalue weighted by Gasteiger charge is -2.34. The Morgan fingerprint density at radius 2 is 2.02 bits per heavy atom. The Bertz CT molecular complexity index is 1840. The van der Waals surface area contributed by atoms with Crippen molar-refractivity contribution in [3.8, 4) is 17.1 Å². The minimum absolute atomic E-state index is 0.00309. The van der Waals surface area contributed by atoms with E-state index in [2.05, 4.69) is 36.2 Å². The van der Waals surface area contributed by atoms with E-state index in [1.54, 1.807) is 28.0 Å². The van der Waals surface area contributed by atoms with Crippen LogP contribution in [0.25, 0.3) is 22.4 Å². The van der Waals surface area contributed by atoms with Gasteiger partial charge in [-0.1, -0.05) is 44.9 Å². The third kappa shape index (κ3) is 5.14. The van der Waals surface area contributed by atoms with E-state index in [9.17, 15) is 9.59 Å². The molecule has 2 aliphatic rings. The van der Waals surface area contributed by atoms with Crippen LogP contribution >= 0.6 is 27.5 Å². The maximum absolute atomic E-state index is 13.3. The number of aromatic nitrogens is 5. The molecule has 7 rings (SSSR count). The number of carbonyl (C=O) groups excluding carboxylic acids is 2. The summed E-state index contributed by atoms with van der Waals surface area (Å²) in [4.78, 5) is 37.6. The van der Waals surface area contributed by atoms with Crippen LogP contribution in [0, 0.1) is 0 Å². The van der Waals surface area contributed by atoms with Crippen molar-refractivity contribution in [3.05, 3.63) is 93.2 Å². The zero-order valence-electron chi connectivity index (χ0n) is 22.3. The van der Waals surface area contributed by atoms with Crippen LogP contribution in [0.4, 0.5) is 0 Å². The average molecular weight is 647 g/mol. The molecule has 3 aromatic carbocycles. The standard InChI is InChI=1S/C30H25BrClN7O3/c31-20-5-7-27-23(14-20)26(8-11-42-27)39-16-22(35-36-39)15-37-9-10-38(17-28(37)40)30(41)19-4-6-24-25(13-19)34-29(33-24)18-2-1-3-21(32)12-18/h1-7,12-14,16,26H,8-11,15,17H2,(H,33,34)/t26-/m0/s1. The van der Waals surface area contributed by atoms with Gasteiger partial charge in [0.25, 0.3) is 5.91 Å². The lowest BCUT2D eigenvalue weighted by atomic mass is 10.0. The van der Waals surface area contributed by atoms with Crippen LogP contribution in [0.15, 0.2) is 71.3 Å². The number of nitrogens with one attached hydrogen (secondary N) is 1. The molecule has 0 aliphatic carbocycles. The summed E-state index contributed by atoms with van der Waals surface area (Å²) in [7, 11) is 0. The number of hydrogen-bond donors (Lipinski definition) is 1. The molecule has 1 saturated heterocycles. The molecule has 2 aromatic heterocycles. The molecule has 5 aromatic rings. The van der Waals surface area contributed by atoms with Crippen molar-refractivity contribution in [3.63, 3.8) is 0 Å². The number of benzene rings is 3. The number of amides is 2. The molecule has 0 bridgehead atoms. The summed E-state index contributed by atoms with van der Waals surface area (Å²) in [6, 6.07) is 18.7. The van der Waals surface area contributed by atoms with Gasteiger partial charge in [-0.3, -0.25) is 9.59 Å². The van der Waals surface area contributed by atoms with E-state index in [1.165, 1.54) is 0 Å². The average Bonchev–Trinajstić information content (AvgIpc) is 3.64. The molecule has 0 saturated carbocycles. The third-order valence-electron chi connectivity index (χ3n) is 7.64. The van der Waals surface area contributed by atoms with E-state index in [0.717, 1.165) is 38.8 Å². The van der Waals surface area contributed by atoms with Crippen LogP contribution in [0.2, 0.25) is 5.02 Å². The predicted molar refractivity (Wildman–Crippen MR) is 160 cm³/mol. The Kier molecular flexibility index (Phi) is 6.91. The van der Waals surface area contributed by atoms with Crippen molar-refractivity contribution >= 4 is 50.4 Å². The highest BCUT2D eigenvalue weighted by atomic mass is 79.9. The molecule has 1 N–H and O–H groups in total. The van der Waals surface area contributed by atoms with Crippen molar-refractivity contribution in [2.45, 2.75) is 19.0 Å². The Labute approximate surface area is 254 Å². The number of piperazine rings is 1.